The van der Waals surface area contributed by atoms with Gasteiger partial charge >= 0.3 is 0 Å². The molecule has 0 bridgehead atoms. The summed E-state index contributed by atoms with van der Waals surface area (Å²) in [7, 11) is 1.53. The van der Waals surface area contributed by atoms with Crippen molar-refractivity contribution in [2.24, 2.45) is 5.92 Å². The van der Waals surface area contributed by atoms with Gasteiger partial charge < -0.3 is 25.0 Å². The van der Waals surface area contributed by atoms with Gasteiger partial charge in [0, 0.05) is 55.6 Å². The van der Waals surface area contributed by atoms with E-state index in [2.05, 4.69) is 38.6 Å². The molecule has 0 unspecified atom stereocenters. The van der Waals surface area contributed by atoms with E-state index in [0.717, 1.165) is 23.1 Å². The molecule has 9 heteroatoms. The zero-order chi connectivity index (χ0) is 22.0. The molecule has 2 atom stereocenters. The Bertz CT molecular complexity index is 1160. The van der Waals surface area contributed by atoms with Crippen LogP contribution in [0.2, 0.25) is 0 Å². The van der Waals surface area contributed by atoms with Crippen molar-refractivity contribution in [1.29, 1.82) is 0 Å². The molecule has 0 saturated carbocycles. The van der Waals surface area contributed by atoms with Gasteiger partial charge in [-0.2, -0.15) is 0 Å². The highest BCUT2D eigenvalue weighted by atomic mass is 16.5. The number of piperidine rings is 1. The maximum atomic E-state index is 12.4. The van der Waals surface area contributed by atoms with E-state index >= 15 is 0 Å². The first-order valence-electron chi connectivity index (χ1n) is 10.1. The minimum atomic E-state index is -0.354. The minimum Gasteiger partial charge on any atom is -0.379 e. The van der Waals surface area contributed by atoms with E-state index in [-0.39, 0.29) is 30.0 Å². The summed E-state index contributed by atoms with van der Waals surface area (Å²) in [6, 6.07) is 3.54. The number of pyridine rings is 1. The summed E-state index contributed by atoms with van der Waals surface area (Å²) < 4.78 is 5.21. The molecule has 0 spiro atoms. The van der Waals surface area contributed by atoms with Crippen LogP contribution in [0.25, 0.3) is 22.3 Å². The van der Waals surface area contributed by atoms with Crippen LogP contribution in [0.1, 0.15) is 30.3 Å². The lowest BCUT2D eigenvalue weighted by molar-refractivity contribution is -0.131. The summed E-state index contributed by atoms with van der Waals surface area (Å²) in [5.41, 5.74) is 2.77. The van der Waals surface area contributed by atoms with Gasteiger partial charge in [0.05, 0.1) is 12.1 Å². The van der Waals surface area contributed by atoms with Crippen LogP contribution in [-0.4, -0.2) is 58.0 Å². The molecule has 2 amide bonds. The molecule has 4 rings (SSSR count). The number of terminal acetylenes is 1. The Labute approximate surface area is 179 Å². The Balaban J connectivity index is 1.68. The van der Waals surface area contributed by atoms with E-state index < -0.39 is 0 Å². The predicted molar refractivity (Wildman–Crippen MR) is 116 cm³/mol. The molecule has 3 aromatic rings. The summed E-state index contributed by atoms with van der Waals surface area (Å²) in [4.78, 5) is 33.7. The molecule has 3 aromatic heterocycles. The fourth-order valence-electron chi connectivity index (χ4n) is 4.05. The van der Waals surface area contributed by atoms with Crippen molar-refractivity contribution in [2.75, 3.05) is 25.5 Å². The van der Waals surface area contributed by atoms with E-state index in [1.807, 2.05) is 17.2 Å². The molecular weight excluding hydrogens is 396 g/mol. The maximum absolute atomic E-state index is 12.4. The zero-order valence-electron chi connectivity index (χ0n) is 17.4. The van der Waals surface area contributed by atoms with Crippen LogP contribution in [0.5, 0.6) is 0 Å². The second-order valence-electron chi connectivity index (χ2n) is 7.80. The second kappa shape index (κ2) is 8.52. The number of amides is 2. The normalized spacial score (nSPS) is 18.5. The van der Waals surface area contributed by atoms with Gasteiger partial charge in [0.15, 0.2) is 0 Å². The highest BCUT2D eigenvalue weighted by Gasteiger charge is 2.29. The number of rotatable bonds is 5. The Hall–Kier alpha value is -3.80. The highest BCUT2D eigenvalue weighted by molar-refractivity contribution is 5.99. The van der Waals surface area contributed by atoms with Crippen molar-refractivity contribution >= 4 is 28.5 Å². The molecule has 9 nitrogen and oxygen atoms in total. The van der Waals surface area contributed by atoms with Gasteiger partial charge in [-0.15, -0.1) is 6.42 Å². The van der Waals surface area contributed by atoms with Crippen LogP contribution in [0.15, 0.2) is 29.0 Å². The monoisotopic (exact) mass is 420 g/mol. The third kappa shape index (κ3) is 4.10. The average molecular weight is 420 g/mol. The van der Waals surface area contributed by atoms with E-state index in [9.17, 15) is 9.59 Å². The SMILES string of the molecule is C#CCC(=O)N1C[C@@H](C)C[C@@H](Nc2c(-c3cc(C(=O)NC)on3)cnc3[nH]ccc23)C1. The summed E-state index contributed by atoms with van der Waals surface area (Å²) in [5.74, 6) is 2.50. The van der Waals surface area contributed by atoms with Crippen molar-refractivity contribution in [1.82, 2.24) is 25.3 Å². The third-order valence-electron chi connectivity index (χ3n) is 5.44. The summed E-state index contributed by atoms with van der Waals surface area (Å²) in [6.07, 6.45) is 9.84. The number of aromatic amines is 1. The highest BCUT2D eigenvalue weighted by Crippen LogP contribution is 2.34. The standard InChI is InChI=1S/C22H24N6O3/c1-4-5-19(29)28-11-13(2)8-14(12-28)26-20-15-6-7-24-21(15)25-10-16(20)17-9-18(31-27-17)22(30)23-3/h1,6-7,9-10,13-14H,5,8,11-12H2,2-3H3,(H,23,30)(H2,24,25,26)/t13-,14+/m0/s1. The Morgan fingerprint density at radius 2 is 2.26 bits per heavy atom. The molecule has 31 heavy (non-hydrogen) atoms. The molecule has 1 fully saturated rings. The number of likely N-dealkylation sites (tertiary alicyclic amines) is 1. The fourth-order valence-corrected chi connectivity index (χ4v) is 4.05. The van der Waals surface area contributed by atoms with E-state index in [1.165, 1.54) is 7.05 Å². The average Bonchev–Trinajstić information content (AvgIpc) is 3.43. The maximum Gasteiger partial charge on any atom is 0.289 e. The zero-order valence-corrected chi connectivity index (χ0v) is 17.4. The summed E-state index contributed by atoms with van der Waals surface area (Å²) in [6.45, 7) is 3.37. The first kappa shape index (κ1) is 20.5. The van der Waals surface area contributed by atoms with Gasteiger partial charge in [0.1, 0.15) is 11.3 Å². The van der Waals surface area contributed by atoms with Crippen LogP contribution >= 0.6 is 0 Å². The van der Waals surface area contributed by atoms with Crippen LogP contribution in [0.3, 0.4) is 0 Å². The smallest absolute Gasteiger partial charge is 0.289 e. The lowest BCUT2D eigenvalue weighted by Crippen LogP contribution is -2.48. The van der Waals surface area contributed by atoms with Crippen LogP contribution in [0, 0.1) is 18.3 Å². The van der Waals surface area contributed by atoms with Crippen LogP contribution in [-0.2, 0) is 4.79 Å². The Kier molecular flexibility index (Phi) is 5.62. The number of anilines is 1. The van der Waals surface area contributed by atoms with Crippen molar-refractivity contribution < 1.29 is 14.1 Å². The quantitative estimate of drug-likeness (QED) is 0.545. The van der Waals surface area contributed by atoms with Crippen LogP contribution < -0.4 is 10.6 Å². The minimum absolute atomic E-state index is 0.0232. The molecule has 0 radical (unpaired) electrons. The van der Waals surface area contributed by atoms with E-state index in [4.69, 9.17) is 10.9 Å². The number of nitrogens with one attached hydrogen (secondary N) is 3. The molecule has 1 saturated heterocycles. The van der Waals surface area contributed by atoms with Crippen molar-refractivity contribution in [2.45, 2.75) is 25.8 Å². The number of fused-ring (bicyclic) bond motifs is 1. The van der Waals surface area contributed by atoms with Gasteiger partial charge in [0.2, 0.25) is 11.7 Å². The van der Waals surface area contributed by atoms with Crippen LogP contribution in [0.4, 0.5) is 5.69 Å². The molecule has 0 aromatic carbocycles. The molecule has 3 N–H and O–H groups in total. The van der Waals surface area contributed by atoms with Crippen molar-refractivity contribution in [3.63, 3.8) is 0 Å². The molecule has 1 aliphatic rings. The van der Waals surface area contributed by atoms with Crippen molar-refractivity contribution in [3.8, 4) is 23.6 Å². The number of carbonyl (C=O) groups is 2. The first-order chi connectivity index (χ1) is 15.0. The lowest BCUT2D eigenvalue weighted by Gasteiger charge is -2.37. The molecule has 0 aliphatic carbocycles. The third-order valence-corrected chi connectivity index (χ3v) is 5.44. The van der Waals surface area contributed by atoms with E-state index in [0.29, 0.717) is 30.3 Å². The summed E-state index contributed by atoms with van der Waals surface area (Å²) >= 11 is 0. The predicted octanol–water partition coefficient (Wildman–Crippen LogP) is 2.25. The fraction of sp³-hybridized carbons (Fsp3) is 0.364. The number of hydrogen-bond acceptors (Lipinski definition) is 6. The van der Waals surface area contributed by atoms with Gasteiger partial charge in [-0.1, -0.05) is 18.0 Å². The Morgan fingerprint density at radius 3 is 3.03 bits per heavy atom. The molecular formula is C22H24N6O3. The molecule has 160 valence electrons. The number of nitrogens with zero attached hydrogens (tertiary/aromatic N) is 3. The van der Waals surface area contributed by atoms with Gasteiger partial charge in [-0.3, -0.25) is 9.59 Å². The number of H-pyrrole nitrogens is 1. The van der Waals surface area contributed by atoms with Gasteiger partial charge in [-0.05, 0) is 18.4 Å². The summed E-state index contributed by atoms with van der Waals surface area (Å²) in [5, 5.41) is 11.1. The number of aromatic nitrogens is 3. The lowest BCUT2D eigenvalue weighted by atomic mass is 9.95. The second-order valence-corrected chi connectivity index (χ2v) is 7.80. The topological polar surface area (TPSA) is 116 Å². The largest absolute Gasteiger partial charge is 0.379 e. The van der Waals surface area contributed by atoms with Gasteiger partial charge in [0.25, 0.3) is 5.91 Å². The molecule has 1 aliphatic heterocycles. The van der Waals surface area contributed by atoms with E-state index in [1.54, 1.807) is 12.3 Å². The van der Waals surface area contributed by atoms with Crippen molar-refractivity contribution in [3.05, 3.63) is 30.3 Å². The van der Waals surface area contributed by atoms with Gasteiger partial charge in [-0.25, -0.2) is 4.98 Å². The number of hydrogen-bond donors (Lipinski definition) is 3. The first-order valence-corrected chi connectivity index (χ1v) is 10.1. The number of carbonyl (C=O) groups excluding carboxylic acids is 2. The molecule has 4 heterocycles. The Morgan fingerprint density at radius 1 is 1.42 bits per heavy atom.